The molecule has 0 radical (unpaired) electrons. The van der Waals surface area contributed by atoms with Crippen LogP contribution in [0.25, 0.3) is 0 Å². The molecular formula is C14H20ClN3O3. The van der Waals surface area contributed by atoms with Crippen LogP contribution in [0.2, 0.25) is 5.02 Å². The van der Waals surface area contributed by atoms with E-state index in [0.717, 1.165) is 5.69 Å². The van der Waals surface area contributed by atoms with Gasteiger partial charge in [-0.05, 0) is 32.0 Å². The maximum absolute atomic E-state index is 9.40. The summed E-state index contributed by atoms with van der Waals surface area (Å²) in [4.78, 5) is 2.03. The minimum absolute atomic E-state index is 0.0199. The summed E-state index contributed by atoms with van der Waals surface area (Å²) in [5.41, 5.74) is 6.67. The summed E-state index contributed by atoms with van der Waals surface area (Å²) in [6.45, 7) is 4.95. The van der Waals surface area contributed by atoms with Crippen LogP contribution in [-0.4, -0.2) is 47.6 Å². The lowest BCUT2D eigenvalue weighted by Crippen LogP contribution is -2.54. The van der Waals surface area contributed by atoms with Crippen LogP contribution in [0.3, 0.4) is 0 Å². The molecule has 0 spiro atoms. The zero-order chi connectivity index (χ0) is 15.6. The second kappa shape index (κ2) is 6.09. The Bertz CT molecular complexity index is 548. The number of rotatable bonds is 3. The number of aliphatic hydroxyl groups excluding tert-OH is 1. The number of benzene rings is 1. The van der Waals surface area contributed by atoms with Gasteiger partial charge in [0.1, 0.15) is 0 Å². The summed E-state index contributed by atoms with van der Waals surface area (Å²) in [7, 11) is 0. The molecule has 1 aromatic carbocycles. The van der Waals surface area contributed by atoms with Gasteiger partial charge in [-0.25, -0.2) is 0 Å². The van der Waals surface area contributed by atoms with Crippen molar-refractivity contribution in [3.05, 3.63) is 28.8 Å². The predicted octanol–water partition coefficient (Wildman–Crippen LogP) is 1.41. The summed E-state index contributed by atoms with van der Waals surface area (Å²) < 4.78 is 5.80. The molecule has 6 nitrogen and oxygen atoms in total. The molecule has 2 rings (SSSR count). The second-order valence-electron chi connectivity index (χ2n) is 5.71. The molecule has 0 bridgehead atoms. The second-order valence-corrected chi connectivity index (χ2v) is 6.15. The SMILES string of the molecule is CC1(C)CN(c2cc(Cl)ccc2/C(N)=N/O)CC(CO)O1. The first-order valence-corrected chi connectivity index (χ1v) is 7.05. The fourth-order valence-corrected chi connectivity index (χ4v) is 2.78. The van der Waals surface area contributed by atoms with Gasteiger partial charge in [0.15, 0.2) is 5.84 Å². The number of oxime groups is 1. The van der Waals surface area contributed by atoms with Crippen molar-refractivity contribution >= 4 is 23.1 Å². The van der Waals surface area contributed by atoms with E-state index in [9.17, 15) is 5.11 Å². The Morgan fingerprint density at radius 3 is 2.90 bits per heavy atom. The molecule has 7 heteroatoms. The van der Waals surface area contributed by atoms with Gasteiger partial charge in [0.25, 0.3) is 0 Å². The third kappa shape index (κ3) is 3.58. The maximum Gasteiger partial charge on any atom is 0.172 e. The number of ether oxygens (including phenoxy) is 1. The Hall–Kier alpha value is -1.50. The zero-order valence-electron chi connectivity index (χ0n) is 12.1. The molecule has 1 heterocycles. The predicted molar refractivity (Wildman–Crippen MR) is 82.2 cm³/mol. The third-order valence-corrected chi connectivity index (χ3v) is 3.60. The fraction of sp³-hybridized carbons (Fsp3) is 0.500. The van der Waals surface area contributed by atoms with Gasteiger partial charge in [0, 0.05) is 29.4 Å². The summed E-state index contributed by atoms with van der Waals surface area (Å²) in [6, 6.07) is 5.17. The first-order valence-electron chi connectivity index (χ1n) is 6.67. The third-order valence-electron chi connectivity index (χ3n) is 3.37. The number of amidine groups is 1. The van der Waals surface area contributed by atoms with Gasteiger partial charge < -0.3 is 25.7 Å². The molecule has 1 atom stereocenters. The van der Waals surface area contributed by atoms with Gasteiger partial charge >= 0.3 is 0 Å². The highest BCUT2D eigenvalue weighted by Crippen LogP contribution is 2.30. The molecule has 0 aliphatic carbocycles. The molecule has 1 saturated heterocycles. The topological polar surface area (TPSA) is 91.3 Å². The Morgan fingerprint density at radius 1 is 1.57 bits per heavy atom. The number of nitrogens with two attached hydrogens (primary N) is 1. The van der Waals surface area contributed by atoms with E-state index in [0.29, 0.717) is 23.7 Å². The smallest absolute Gasteiger partial charge is 0.172 e. The van der Waals surface area contributed by atoms with Gasteiger partial charge in [0.2, 0.25) is 0 Å². The van der Waals surface area contributed by atoms with Crippen molar-refractivity contribution in [3.8, 4) is 0 Å². The fourth-order valence-electron chi connectivity index (χ4n) is 2.61. The van der Waals surface area contributed by atoms with Gasteiger partial charge in [-0.3, -0.25) is 0 Å². The van der Waals surface area contributed by atoms with E-state index >= 15 is 0 Å². The van der Waals surface area contributed by atoms with Crippen LogP contribution in [-0.2, 0) is 4.74 Å². The molecule has 4 N–H and O–H groups in total. The van der Waals surface area contributed by atoms with Crippen molar-refractivity contribution in [2.24, 2.45) is 10.9 Å². The number of hydrogen-bond acceptors (Lipinski definition) is 5. The van der Waals surface area contributed by atoms with E-state index in [-0.39, 0.29) is 18.5 Å². The van der Waals surface area contributed by atoms with E-state index in [2.05, 4.69) is 5.16 Å². The Kier molecular flexibility index (Phi) is 4.61. The average molecular weight is 314 g/mol. The molecule has 116 valence electrons. The highest BCUT2D eigenvalue weighted by atomic mass is 35.5. The van der Waals surface area contributed by atoms with Gasteiger partial charge in [0.05, 0.1) is 18.3 Å². The minimum atomic E-state index is -0.420. The number of nitrogens with zero attached hydrogens (tertiary/aromatic N) is 2. The van der Waals surface area contributed by atoms with Crippen LogP contribution in [0.1, 0.15) is 19.4 Å². The monoisotopic (exact) mass is 313 g/mol. The molecule has 0 amide bonds. The van der Waals surface area contributed by atoms with E-state index < -0.39 is 5.60 Å². The lowest BCUT2D eigenvalue weighted by atomic mass is 10.0. The van der Waals surface area contributed by atoms with E-state index in [1.807, 2.05) is 18.7 Å². The van der Waals surface area contributed by atoms with Crippen LogP contribution in [0.15, 0.2) is 23.4 Å². The van der Waals surface area contributed by atoms with Gasteiger partial charge in [-0.15, -0.1) is 0 Å². The molecule has 1 unspecified atom stereocenters. The maximum atomic E-state index is 9.40. The van der Waals surface area contributed by atoms with Crippen molar-refractivity contribution in [2.45, 2.75) is 25.6 Å². The summed E-state index contributed by atoms with van der Waals surface area (Å²) in [5.74, 6) is 0.0199. The van der Waals surface area contributed by atoms with Crippen LogP contribution in [0, 0.1) is 0 Å². The summed E-state index contributed by atoms with van der Waals surface area (Å²) >= 11 is 6.07. The molecule has 1 aliphatic rings. The molecular weight excluding hydrogens is 294 g/mol. The Morgan fingerprint density at radius 2 is 2.29 bits per heavy atom. The highest BCUT2D eigenvalue weighted by molar-refractivity contribution is 6.31. The zero-order valence-corrected chi connectivity index (χ0v) is 12.8. The Labute approximate surface area is 128 Å². The average Bonchev–Trinajstić information content (AvgIpc) is 2.44. The van der Waals surface area contributed by atoms with Gasteiger partial charge in [-0.1, -0.05) is 16.8 Å². The quantitative estimate of drug-likeness (QED) is 0.340. The van der Waals surface area contributed by atoms with Crippen LogP contribution in [0.4, 0.5) is 5.69 Å². The lowest BCUT2D eigenvalue weighted by molar-refractivity contribution is -0.101. The molecule has 21 heavy (non-hydrogen) atoms. The highest BCUT2D eigenvalue weighted by Gasteiger charge is 2.34. The minimum Gasteiger partial charge on any atom is -0.409 e. The normalized spacial score (nSPS) is 22.4. The van der Waals surface area contributed by atoms with Gasteiger partial charge in [-0.2, -0.15) is 0 Å². The first kappa shape index (κ1) is 15.9. The van der Waals surface area contributed by atoms with E-state index in [1.165, 1.54) is 0 Å². The molecule has 0 aromatic heterocycles. The van der Waals surface area contributed by atoms with Crippen molar-refractivity contribution in [3.63, 3.8) is 0 Å². The molecule has 0 saturated carbocycles. The number of anilines is 1. The standard InChI is InChI=1S/C14H20ClN3O3/c1-14(2)8-18(6-10(7-19)21-14)12-5-9(15)3-4-11(12)13(16)17-20/h3-5,10,19-20H,6-8H2,1-2H3,(H2,16,17). The summed E-state index contributed by atoms with van der Waals surface area (Å²) in [6.07, 6.45) is -0.298. The van der Waals surface area contributed by atoms with Crippen LogP contribution < -0.4 is 10.6 Å². The summed E-state index contributed by atoms with van der Waals surface area (Å²) in [5, 5.41) is 22.0. The van der Waals surface area contributed by atoms with Crippen LogP contribution in [0.5, 0.6) is 0 Å². The number of morpholine rings is 1. The lowest BCUT2D eigenvalue weighted by Gasteiger charge is -2.44. The van der Waals surface area contributed by atoms with Crippen molar-refractivity contribution in [1.29, 1.82) is 0 Å². The molecule has 1 aromatic rings. The van der Waals surface area contributed by atoms with E-state index in [1.54, 1.807) is 18.2 Å². The van der Waals surface area contributed by atoms with Crippen molar-refractivity contribution in [1.82, 2.24) is 0 Å². The van der Waals surface area contributed by atoms with Crippen molar-refractivity contribution in [2.75, 3.05) is 24.6 Å². The van der Waals surface area contributed by atoms with Crippen molar-refractivity contribution < 1.29 is 15.1 Å². The largest absolute Gasteiger partial charge is 0.409 e. The number of halogens is 1. The van der Waals surface area contributed by atoms with E-state index in [4.69, 9.17) is 27.3 Å². The molecule has 1 aliphatic heterocycles. The number of aliphatic hydroxyl groups is 1. The first-order chi connectivity index (χ1) is 9.86. The molecule has 1 fully saturated rings. The Balaban J connectivity index is 2.42. The van der Waals surface area contributed by atoms with Crippen LogP contribution >= 0.6 is 11.6 Å². The number of hydrogen-bond donors (Lipinski definition) is 3.